The number of hydrogen-bond donors (Lipinski definition) is 1. The van der Waals surface area contributed by atoms with Crippen LogP contribution in [0.5, 0.6) is 0 Å². The van der Waals surface area contributed by atoms with Crippen molar-refractivity contribution in [3.63, 3.8) is 0 Å². The van der Waals surface area contributed by atoms with Crippen LogP contribution >= 0.6 is 0 Å². The van der Waals surface area contributed by atoms with Gasteiger partial charge in [0.2, 0.25) is 0 Å². The van der Waals surface area contributed by atoms with Crippen LogP contribution in [0.1, 0.15) is 17.8 Å². The number of nitrogens with two attached hydrogens (primary N) is 1. The molecule has 0 fully saturated rings. The Morgan fingerprint density at radius 2 is 2.20 bits per heavy atom. The highest BCUT2D eigenvalue weighted by Gasteiger charge is 2.19. The smallest absolute Gasteiger partial charge is 0.157 e. The minimum absolute atomic E-state index is 0.509. The summed E-state index contributed by atoms with van der Waals surface area (Å²) < 4.78 is 1.79. The van der Waals surface area contributed by atoms with E-state index in [1.165, 1.54) is 5.69 Å². The molecule has 0 aliphatic heterocycles. The second-order valence-electron chi connectivity index (χ2n) is 3.67. The fraction of sp³-hybridized carbons (Fsp3) is 0.300. The Morgan fingerprint density at radius 1 is 1.27 bits per heavy atom. The van der Waals surface area contributed by atoms with Crippen molar-refractivity contribution in [2.45, 2.75) is 19.3 Å². The first kappa shape index (κ1) is 8.40. The number of nitrogen functional groups attached to an aromatic ring is 1. The average Bonchev–Trinajstić information content (AvgIpc) is 2.77. The van der Waals surface area contributed by atoms with Crippen molar-refractivity contribution in [3.05, 3.63) is 29.6 Å². The molecule has 0 saturated carbocycles. The molecule has 15 heavy (non-hydrogen) atoms. The standard InChI is InChI=1S/C10H11N5/c11-9-5-2-6-10(12-9)15-8-4-1-3-7(8)13-14-15/h2,5-6H,1,3-4H2,(H2,11,12). The van der Waals surface area contributed by atoms with E-state index in [1.54, 1.807) is 10.7 Å². The Bertz CT molecular complexity index is 502. The van der Waals surface area contributed by atoms with Crippen LogP contribution in [0.3, 0.4) is 0 Å². The van der Waals surface area contributed by atoms with Crippen molar-refractivity contribution in [2.75, 3.05) is 5.73 Å². The summed E-state index contributed by atoms with van der Waals surface area (Å²) in [5.41, 5.74) is 7.91. The van der Waals surface area contributed by atoms with E-state index < -0.39 is 0 Å². The molecule has 2 aromatic heterocycles. The average molecular weight is 201 g/mol. The SMILES string of the molecule is Nc1cccc(-n2nnc3c2CCC3)n1. The Morgan fingerprint density at radius 3 is 3.07 bits per heavy atom. The minimum Gasteiger partial charge on any atom is -0.384 e. The van der Waals surface area contributed by atoms with Gasteiger partial charge in [-0.25, -0.2) is 4.98 Å². The van der Waals surface area contributed by atoms with E-state index in [-0.39, 0.29) is 0 Å². The minimum atomic E-state index is 0.509. The summed E-state index contributed by atoms with van der Waals surface area (Å²) in [5.74, 6) is 1.26. The maximum atomic E-state index is 5.64. The highest BCUT2D eigenvalue weighted by molar-refractivity contribution is 5.36. The van der Waals surface area contributed by atoms with Crippen molar-refractivity contribution in [1.82, 2.24) is 20.0 Å². The molecule has 3 rings (SSSR count). The third-order valence-corrected chi connectivity index (χ3v) is 2.64. The molecule has 2 aromatic rings. The van der Waals surface area contributed by atoms with E-state index >= 15 is 0 Å². The first-order valence-corrected chi connectivity index (χ1v) is 5.01. The number of anilines is 1. The monoisotopic (exact) mass is 201 g/mol. The lowest BCUT2D eigenvalue weighted by Crippen LogP contribution is -2.05. The van der Waals surface area contributed by atoms with Gasteiger partial charge in [0.25, 0.3) is 0 Å². The zero-order chi connectivity index (χ0) is 10.3. The first-order valence-electron chi connectivity index (χ1n) is 5.01. The molecule has 0 radical (unpaired) electrons. The molecule has 0 atom stereocenters. The van der Waals surface area contributed by atoms with Crippen LogP contribution < -0.4 is 5.73 Å². The van der Waals surface area contributed by atoms with Gasteiger partial charge in [-0.05, 0) is 31.4 Å². The fourth-order valence-corrected chi connectivity index (χ4v) is 1.94. The van der Waals surface area contributed by atoms with Gasteiger partial charge in [-0.15, -0.1) is 5.10 Å². The van der Waals surface area contributed by atoms with E-state index in [2.05, 4.69) is 15.3 Å². The fourth-order valence-electron chi connectivity index (χ4n) is 1.94. The molecule has 0 aromatic carbocycles. The predicted molar refractivity (Wildman–Crippen MR) is 55.6 cm³/mol. The Labute approximate surface area is 86.9 Å². The van der Waals surface area contributed by atoms with Gasteiger partial charge in [-0.1, -0.05) is 11.3 Å². The molecule has 1 aliphatic carbocycles. The van der Waals surface area contributed by atoms with E-state index in [0.29, 0.717) is 5.82 Å². The first-order chi connectivity index (χ1) is 7.34. The molecular formula is C10H11N5. The van der Waals surface area contributed by atoms with Crippen LogP contribution in [0.4, 0.5) is 5.82 Å². The van der Waals surface area contributed by atoms with E-state index in [1.807, 2.05) is 12.1 Å². The number of hydrogen-bond acceptors (Lipinski definition) is 4. The van der Waals surface area contributed by atoms with Gasteiger partial charge in [0.1, 0.15) is 5.82 Å². The molecular weight excluding hydrogens is 190 g/mol. The van der Waals surface area contributed by atoms with Crippen LogP contribution in [-0.2, 0) is 12.8 Å². The zero-order valence-corrected chi connectivity index (χ0v) is 8.22. The number of rotatable bonds is 1. The van der Waals surface area contributed by atoms with Crippen molar-refractivity contribution in [3.8, 4) is 5.82 Å². The third-order valence-electron chi connectivity index (χ3n) is 2.64. The number of aromatic nitrogens is 4. The van der Waals surface area contributed by atoms with Crippen LogP contribution in [-0.4, -0.2) is 20.0 Å². The Hall–Kier alpha value is -1.91. The Balaban J connectivity index is 2.13. The summed E-state index contributed by atoms with van der Waals surface area (Å²) in [6, 6.07) is 5.53. The molecule has 2 heterocycles. The normalized spacial score (nSPS) is 14.1. The molecule has 0 bridgehead atoms. The largest absolute Gasteiger partial charge is 0.384 e. The Kier molecular flexibility index (Phi) is 1.71. The third kappa shape index (κ3) is 1.27. The van der Waals surface area contributed by atoms with Gasteiger partial charge in [0, 0.05) is 0 Å². The van der Waals surface area contributed by atoms with Gasteiger partial charge in [-0.2, -0.15) is 4.68 Å². The maximum absolute atomic E-state index is 5.64. The highest BCUT2D eigenvalue weighted by Crippen LogP contribution is 2.21. The van der Waals surface area contributed by atoms with Crippen molar-refractivity contribution < 1.29 is 0 Å². The van der Waals surface area contributed by atoms with Crippen LogP contribution in [0.2, 0.25) is 0 Å². The van der Waals surface area contributed by atoms with Gasteiger partial charge in [0.05, 0.1) is 11.4 Å². The summed E-state index contributed by atoms with van der Waals surface area (Å²) in [4.78, 5) is 4.23. The molecule has 5 heteroatoms. The van der Waals surface area contributed by atoms with E-state index in [9.17, 15) is 0 Å². The lowest BCUT2D eigenvalue weighted by Gasteiger charge is -2.03. The van der Waals surface area contributed by atoms with Crippen molar-refractivity contribution in [1.29, 1.82) is 0 Å². The molecule has 76 valence electrons. The van der Waals surface area contributed by atoms with Gasteiger partial charge < -0.3 is 5.73 Å². The molecule has 5 nitrogen and oxygen atoms in total. The van der Waals surface area contributed by atoms with Crippen molar-refractivity contribution >= 4 is 5.82 Å². The quantitative estimate of drug-likeness (QED) is 0.738. The van der Waals surface area contributed by atoms with Crippen LogP contribution in [0, 0.1) is 0 Å². The number of pyridine rings is 1. The topological polar surface area (TPSA) is 69.6 Å². The molecule has 0 unspecified atom stereocenters. The molecule has 0 amide bonds. The second-order valence-corrected chi connectivity index (χ2v) is 3.67. The molecule has 2 N–H and O–H groups in total. The number of fused-ring (bicyclic) bond motifs is 1. The molecule has 0 saturated heterocycles. The summed E-state index contributed by atoms with van der Waals surface area (Å²) >= 11 is 0. The highest BCUT2D eigenvalue weighted by atomic mass is 15.5. The lowest BCUT2D eigenvalue weighted by molar-refractivity contribution is 0.716. The van der Waals surface area contributed by atoms with Crippen LogP contribution in [0.15, 0.2) is 18.2 Å². The molecule has 1 aliphatic rings. The second kappa shape index (κ2) is 3.05. The van der Waals surface area contributed by atoms with Crippen LogP contribution in [0.25, 0.3) is 5.82 Å². The maximum Gasteiger partial charge on any atom is 0.157 e. The summed E-state index contributed by atoms with van der Waals surface area (Å²) in [7, 11) is 0. The summed E-state index contributed by atoms with van der Waals surface area (Å²) in [6.45, 7) is 0. The summed E-state index contributed by atoms with van der Waals surface area (Å²) in [6.07, 6.45) is 3.21. The van der Waals surface area contributed by atoms with E-state index in [4.69, 9.17) is 5.73 Å². The summed E-state index contributed by atoms with van der Waals surface area (Å²) in [5, 5.41) is 8.23. The lowest BCUT2D eigenvalue weighted by atomic mass is 10.3. The predicted octanol–water partition coefficient (Wildman–Crippen LogP) is 0.733. The van der Waals surface area contributed by atoms with Gasteiger partial charge >= 0.3 is 0 Å². The van der Waals surface area contributed by atoms with E-state index in [0.717, 1.165) is 30.8 Å². The van der Waals surface area contributed by atoms with Gasteiger partial charge in [-0.3, -0.25) is 0 Å². The number of aryl methyl sites for hydroxylation is 1. The zero-order valence-electron chi connectivity index (χ0n) is 8.22. The number of nitrogens with zero attached hydrogens (tertiary/aromatic N) is 4. The van der Waals surface area contributed by atoms with Crippen molar-refractivity contribution in [2.24, 2.45) is 0 Å². The molecule has 0 spiro atoms. The van der Waals surface area contributed by atoms with Gasteiger partial charge in [0.15, 0.2) is 5.82 Å².